The molecule has 2 aromatic rings. The molecule has 0 N–H and O–H groups in total. The Labute approximate surface area is 146 Å². The minimum Gasteiger partial charge on any atom is -0.467 e. The van der Waals surface area contributed by atoms with Crippen molar-refractivity contribution in [1.82, 2.24) is 14.9 Å². The van der Waals surface area contributed by atoms with Crippen LogP contribution in [-0.4, -0.2) is 40.4 Å². The molecule has 7 nitrogen and oxygen atoms in total. The van der Waals surface area contributed by atoms with Gasteiger partial charge in [0.05, 0.1) is 31.2 Å². The molecule has 0 aromatic carbocycles. The largest absolute Gasteiger partial charge is 0.467 e. The van der Waals surface area contributed by atoms with Gasteiger partial charge in [0.15, 0.2) is 0 Å². The maximum atomic E-state index is 13.0. The van der Waals surface area contributed by atoms with Crippen LogP contribution in [0.3, 0.4) is 0 Å². The first-order valence-electron chi connectivity index (χ1n) is 8.48. The first-order valence-corrected chi connectivity index (χ1v) is 8.48. The van der Waals surface area contributed by atoms with Crippen molar-refractivity contribution in [2.24, 2.45) is 5.92 Å². The molecule has 2 aromatic heterocycles. The van der Waals surface area contributed by atoms with Crippen molar-refractivity contribution in [3.05, 3.63) is 42.6 Å². The second-order valence-corrected chi connectivity index (χ2v) is 6.08. The van der Waals surface area contributed by atoms with Crippen LogP contribution in [0.2, 0.25) is 0 Å². The summed E-state index contributed by atoms with van der Waals surface area (Å²) in [7, 11) is 0. The monoisotopic (exact) mass is 339 g/mol. The SMILES string of the molecule is N#CCCN(Cc1ccco1)C(=O)[C@@H]1CCCN(c2ncccn2)C1. The number of furan rings is 1. The Kier molecular flexibility index (Phi) is 5.62. The zero-order valence-corrected chi connectivity index (χ0v) is 14.0. The second kappa shape index (κ2) is 8.29. The van der Waals surface area contributed by atoms with Gasteiger partial charge in [-0.15, -0.1) is 0 Å². The minimum absolute atomic E-state index is 0.0623. The highest BCUT2D eigenvalue weighted by molar-refractivity contribution is 5.79. The molecule has 1 saturated heterocycles. The Morgan fingerprint density at radius 2 is 2.24 bits per heavy atom. The lowest BCUT2D eigenvalue weighted by Crippen LogP contribution is -2.45. The summed E-state index contributed by atoms with van der Waals surface area (Å²) in [5.41, 5.74) is 0. The minimum atomic E-state index is -0.119. The molecule has 3 heterocycles. The van der Waals surface area contributed by atoms with Crippen molar-refractivity contribution in [3.8, 4) is 6.07 Å². The quantitative estimate of drug-likeness (QED) is 0.802. The van der Waals surface area contributed by atoms with E-state index in [1.54, 1.807) is 35.7 Å². The van der Waals surface area contributed by atoms with Gasteiger partial charge in [-0.3, -0.25) is 4.79 Å². The van der Waals surface area contributed by atoms with E-state index in [1.807, 2.05) is 6.07 Å². The van der Waals surface area contributed by atoms with Crippen molar-refractivity contribution in [2.45, 2.75) is 25.8 Å². The van der Waals surface area contributed by atoms with Crippen LogP contribution >= 0.6 is 0 Å². The Morgan fingerprint density at radius 3 is 2.96 bits per heavy atom. The van der Waals surface area contributed by atoms with Gasteiger partial charge in [0.1, 0.15) is 5.76 Å². The van der Waals surface area contributed by atoms with Gasteiger partial charge in [-0.2, -0.15) is 5.26 Å². The molecule has 3 rings (SSSR count). The van der Waals surface area contributed by atoms with Crippen LogP contribution in [0.4, 0.5) is 5.95 Å². The third-order valence-corrected chi connectivity index (χ3v) is 4.34. The van der Waals surface area contributed by atoms with Crippen molar-refractivity contribution >= 4 is 11.9 Å². The molecule has 1 aliphatic heterocycles. The molecule has 130 valence electrons. The summed E-state index contributed by atoms with van der Waals surface area (Å²) in [5, 5.41) is 8.89. The summed E-state index contributed by atoms with van der Waals surface area (Å²) in [5.74, 6) is 1.33. The summed E-state index contributed by atoms with van der Waals surface area (Å²) in [6.07, 6.45) is 7.08. The summed E-state index contributed by atoms with van der Waals surface area (Å²) in [6, 6.07) is 7.54. The molecule has 0 aliphatic carbocycles. The number of nitrogens with zero attached hydrogens (tertiary/aromatic N) is 5. The van der Waals surface area contributed by atoms with E-state index in [-0.39, 0.29) is 11.8 Å². The molecular weight excluding hydrogens is 318 g/mol. The van der Waals surface area contributed by atoms with Gasteiger partial charge in [0.2, 0.25) is 11.9 Å². The number of carbonyl (C=O) groups is 1. The highest BCUT2D eigenvalue weighted by atomic mass is 16.3. The molecule has 7 heteroatoms. The van der Waals surface area contributed by atoms with E-state index in [9.17, 15) is 4.79 Å². The normalized spacial score (nSPS) is 17.1. The van der Waals surface area contributed by atoms with Gasteiger partial charge in [0.25, 0.3) is 0 Å². The molecule has 0 spiro atoms. The molecule has 1 aliphatic rings. The lowest BCUT2D eigenvalue weighted by atomic mass is 9.96. The van der Waals surface area contributed by atoms with Gasteiger partial charge >= 0.3 is 0 Å². The number of nitriles is 1. The third kappa shape index (κ3) is 4.35. The van der Waals surface area contributed by atoms with E-state index in [0.717, 1.165) is 25.1 Å². The standard InChI is InChI=1S/C18H21N5O2/c19-7-3-11-22(14-16-6-2-12-25-16)17(24)15-5-1-10-23(13-15)18-20-8-4-9-21-18/h2,4,6,8-9,12,15H,1,3,5,10-11,13-14H2/t15-/m1/s1. The number of amides is 1. The zero-order chi connectivity index (χ0) is 17.5. The van der Waals surface area contributed by atoms with E-state index in [1.165, 1.54) is 0 Å². The molecule has 0 radical (unpaired) electrons. The predicted molar refractivity (Wildman–Crippen MR) is 91.3 cm³/mol. The lowest BCUT2D eigenvalue weighted by molar-refractivity contribution is -0.136. The van der Waals surface area contributed by atoms with Crippen molar-refractivity contribution in [1.29, 1.82) is 5.26 Å². The molecule has 25 heavy (non-hydrogen) atoms. The first-order chi connectivity index (χ1) is 12.3. The van der Waals surface area contributed by atoms with Gasteiger partial charge in [-0.05, 0) is 31.0 Å². The predicted octanol–water partition coefficient (Wildman–Crippen LogP) is 2.23. The molecule has 1 atom stereocenters. The molecule has 0 saturated carbocycles. The second-order valence-electron chi connectivity index (χ2n) is 6.08. The van der Waals surface area contributed by atoms with Gasteiger partial charge in [0, 0.05) is 32.0 Å². The smallest absolute Gasteiger partial charge is 0.227 e. The van der Waals surface area contributed by atoms with Crippen LogP contribution in [0.1, 0.15) is 25.0 Å². The number of aromatic nitrogens is 2. The summed E-state index contributed by atoms with van der Waals surface area (Å²) in [4.78, 5) is 25.4. The number of hydrogen-bond donors (Lipinski definition) is 0. The molecule has 0 bridgehead atoms. The molecule has 1 fully saturated rings. The van der Waals surface area contributed by atoms with E-state index < -0.39 is 0 Å². The highest BCUT2D eigenvalue weighted by Crippen LogP contribution is 2.22. The Balaban J connectivity index is 1.68. The van der Waals surface area contributed by atoms with Crippen molar-refractivity contribution < 1.29 is 9.21 Å². The van der Waals surface area contributed by atoms with E-state index in [4.69, 9.17) is 9.68 Å². The fraction of sp³-hybridized carbons (Fsp3) is 0.444. The van der Waals surface area contributed by atoms with E-state index in [0.29, 0.717) is 32.0 Å². The fourth-order valence-corrected chi connectivity index (χ4v) is 3.12. The van der Waals surface area contributed by atoms with E-state index in [2.05, 4.69) is 20.9 Å². The number of anilines is 1. The molecule has 1 amide bonds. The Morgan fingerprint density at radius 1 is 1.40 bits per heavy atom. The van der Waals surface area contributed by atoms with Crippen LogP contribution in [0.15, 0.2) is 41.3 Å². The van der Waals surface area contributed by atoms with Crippen LogP contribution in [0, 0.1) is 17.2 Å². The molecular formula is C18H21N5O2. The summed E-state index contributed by atoms with van der Waals surface area (Å²) < 4.78 is 5.36. The number of hydrogen-bond acceptors (Lipinski definition) is 6. The van der Waals surface area contributed by atoms with E-state index >= 15 is 0 Å². The van der Waals surface area contributed by atoms with Gasteiger partial charge in [-0.25, -0.2) is 9.97 Å². The Hall–Kier alpha value is -2.88. The lowest BCUT2D eigenvalue weighted by Gasteiger charge is -2.34. The third-order valence-electron chi connectivity index (χ3n) is 4.34. The Bertz CT molecular complexity index is 711. The maximum Gasteiger partial charge on any atom is 0.227 e. The topological polar surface area (TPSA) is 86.3 Å². The van der Waals surface area contributed by atoms with Crippen LogP contribution < -0.4 is 4.90 Å². The number of rotatable bonds is 6. The molecule has 0 unspecified atom stereocenters. The number of piperidine rings is 1. The first kappa shape index (κ1) is 17.0. The summed E-state index contributed by atoms with van der Waals surface area (Å²) >= 11 is 0. The van der Waals surface area contributed by atoms with Crippen molar-refractivity contribution in [2.75, 3.05) is 24.5 Å². The van der Waals surface area contributed by atoms with Crippen molar-refractivity contribution in [3.63, 3.8) is 0 Å². The fourth-order valence-electron chi connectivity index (χ4n) is 3.12. The van der Waals surface area contributed by atoms with Gasteiger partial charge in [-0.1, -0.05) is 0 Å². The van der Waals surface area contributed by atoms with Crippen LogP contribution in [-0.2, 0) is 11.3 Å². The average Bonchev–Trinajstić information content (AvgIpc) is 3.18. The maximum absolute atomic E-state index is 13.0. The zero-order valence-electron chi connectivity index (χ0n) is 14.0. The number of carbonyl (C=O) groups excluding carboxylic acids is 1. The average molecular weight is 339 g/mol. The summed E-state index contributed by atoms with van der Waals surface area (Å²) in [6.45, 7) is 2.26. The van der Waals surface area contributed by atoms with Crippen LogP contribution in [0.5, 0.6) is 0 Å². The van der Waals surface area contributed by atoms with Crippen LogP contribution in [0.25, 0.3) is 0 Å². The van der Waals surface area contributed by atoms with Gasteiger partial charge < -0.3 is 14.2 Å². The highest BCUT2D eigenvalue weighted by Gasteiger charge is 2.30.